The van der Waals surface area contributed by atoms with Gasteiger partial charge < -0.3 is 15.4 Å². The van der Waals surface area contributed by atoms with E-state index in [4.69, 9.17) is 4.98 Å². The van der Waals surface area contributed by atoms with Crippen molar-refractivity contribution in [2.75, 3.05) is 6.61 Å². The van der Waals surface area contributed by atoms with Gasteiger partial charge in [-0.2, -0.15) is 19.0 Å². The second-order valence-corrected chi connectivity index (χ2v) is 11.4. The summed E-state index contributed by atoms with van der Waals surface area (Å²) in [5.74, 6) is -3.59. The van der Waals surface area contributed by atoms with Crippen molar-refractivity contribution in [3.05, 3.63) is 47.7 Å². The number of hydrogen-bond acceptors (Lipinski definition) is 6. The van der Waals surface area contributed by atoms with Crippen LogP contribution in [0.2, 0.25) is 0 Å². The second kappa shape index (κ2) is 12.4. The van der Waals surface area contributed by atoms with Crippen LogP contribution in [-0.2, 0) is 9.53 Å². The molecule has 2 atom stereocenters. The van der Waals surface area contributed by atoms with Gasteiger partial charge in [0.05, 0.1) is 43.2 Å². The number of carbonyl (C=O) groups excluding carboxylic acids is 2. The van der Waals surface area contributed by atoms with E-state index in [1.165, 1.54) is 0 Å². The number of nitrogens with one attached hydrogen (secondary N) is 2. The van der Waals surface area contributed by atoms with Crippen molar-refractivity contribution < 1.29 is 31.9 Å². The zero-order valence-electron chi connectivity index (χ0n) is 23.5. The average molecular weight is 594 g/mol. The van der Waals surface area contributed by atoms with Crippen LogP contribution >= 0.6 is 0 Å². The van der Waals surface area contributed by atoms with Gasteiger partial charge in [0.15, 0.2) is 5.65 Å². The monoisotopic (exact) mass is 593 g/mol. The molecule has 0 unspecified atom stereocenters. The van der Waals surface area contributed by atoms with E-state index in [0.29, 0.717) is 22.6 Å². The number of alkyl halides is 4. The van der Waals surface area contributed by atoms with E-state index < -0.39 is 24.5 Å². The van der Waals surface area contributed by atoms with Crippen LogP contribution < -0.4 is 10.6 Å². The van der Waals surface area contributed by atoms with Crippen LogP contribution in [0.3, 0.4) is 0 Å². The predicted molar refractivity (Wildman–Crippen MR) is 143 cm³/mol. The highest BCUT2D eigenvalue weighted by molar-refractivity contribution is 5.92. The Morgan fingerprint density at radius 3 is 2.45 bits per heavy atom. The van der Waals surface area contributed by atoms with E-state index in [1.807, 2.05) is 13.8 Å². The largest absolute Gasteiger partial charge is 0.349 e. The quantitative estimate of drug-likeness (QED) is 0.286. The number of carbonyl (C=O) groups is 2. The van der Waals surface area contributed by atoms with Crippen molar-refractivity contribution in [3.63, 3.8) is 0 Å². The molecule has 0 bridgehead atoms. The van der Waals surface area contributed by atoms with Crippen molar-refractivity contribution in [1.82, 2.24) is 35.0 Å². The molecule has 42 heavy (non-hydrogen) atoms. The van der Waals surface area contributed by atoms with E-state index >= 15 is 0 Å². The van der Waals surface area contributed by atoms with Crippen LogP contribution in [0.5, 0.6) is 0 Å². The topological polar surface area (TPSA) is 115 Å². The van der Waals surface area contributed by atoms with Crippen molar-refractivity contribution in [1.29, 1.82) is 0 Å². The third-order valence-corrected chi connectivity index (χ3v) is 7.93. The van der Waals surface area contributed by atoms with Crippen LogP contribution in [0.25, 0.3) is 5.65 Å². The summed E-state index contributed by atoms with van der Waals surface area (Å²) in [7, 11) is 0. The smallest absolute Gasteiger partial charge is 0.345 e. The Balaban J connectivity index is 1.39. The Morgan fingerprint density at radius 2 is 1.79 bits per heavy atom. The van der Waals surface area contributed by atoms with Gasteiger partial charge >= 0.3 is 6.61 Å². The fourth-order valence-electron chi connectivity index (χ4n) is 5.57. The molecular formula is C28H35F4N7O3. The summed E-state index contributed by atoms with van der Waals surface area (Å²) >= 11 is 0. The SMILES string of the molecule is CC(C)n1nccc1C(=O)N[C@H](c1cn2ncc([C@H](NC(=O)CCOC(F)F)C3CC3)cc2n1)C1CCC(F)(F)CC1. The molecule has 3 aromatic rings. The summed E-state index contributed by atoms with van der Waals surface area (Å²) in [6.07, 6.45) is 6.35. The van der Waals surface area contributed by atoms with Crippen molar-refractivity contribution in [3.8, 4) is 0 Å². The number of rotatable bonds is 12. The maximum atomic E-state index is 14.0. The third-order valence-electron chi connectivity index (χ3n) is 7.93. The molecule has 2 amide bonds. The summed E-state index contributed by atoms with van der Waals surface area (Å²) in [6.45, 7) is 0.490. The lowest BCUT2D eigenvalue weighted by molar-refractivity contribution is -0.138. The first-order valence-corrected chi connectivity index (χ1v) is 14.3. The minimum absolute atomic E-state index is 0.0536. The molecule has 0 saturated heterocycles. The number of aromatic nitrogens is 5. The van der Waals surface area contributed by atoms with Gasteiger partial charge in [0.25, 0.3) is 5.91 Å². The van der Waals surface area contributed by atoms with Crippen LogP contribution in [0.1, 0.15) is 98.7 Å². The van der Waals surface area contributed by atoms with Gasteiger partial charge in [-0.3, -0.25) is 14.3 Å². The summed E-state index contributed by atoms with van der Waals surface area (Å²) in [4.78, 5) is 30.5. The molecule has 3 heterocycles. The molecule has 3 aromatic heterocycles. The Bertz CT molecular complexity index is 1400. The lowest BCUT2D eigenvalue weighted by atomic mass is 9.81. The second-order valence-electron chi connectivity index (χ2n) is 11.4. The highest BCUT2D eigenvalue weighted by Gasteiger charge is 2.40. The molecule has 0 radical (unpaired) electrons. The number of halogens is 4. The van der Waals surface area contributed by atoms with Crippen molar-refractivity contribution >= 4 is 17.5 Å². The van der Waals surface area contributed by atoms with Gasteiger partial charge in [-0.1, -0.05) is 0 Å². The van der Waals surface area contributed by atoms with Crippen LogP contribution in [0.15, 0.2) is 30.7 Å². The van der Waals surface area contributed by atoms with E-state index in [1.54, 1.807) is 39.9 Å². The fraction of sp³-hybridized carbons (Fsp3) is 0.607. The summed E-state index contributed by atoms with van der Waals surface area (Å²) < 4.78 is 59.9. The molecular weight excluding hydrogens is 558 g/mol. The van der Waals surface area contributed by atoms with Gasteiger partial charge in [0.1, 0.15) is 5.69 Å². The van der Waals surface area contributed by atoms with Crippen LogP contribution in [-0.4, -0.2) is 55.3 Å². The predicted octanol–water partition coefficient (Wildman–Crippen LogP) is 5.00. The first-order chi connectivity index (χ1) is 20.0. The molecule has 2 N–H and O–H groups in total. The standard InChI is InChI=1S/C28H35F4N7O3/c1-16(2)39-21(7-11-33-39)26(41)37-25(18-5-9-28(31,32)10-6-18)20-15-38-22(35-20)13-19(14-34-38)24(17-3-4-17)36-23(40)8-12-42-27(29)30/h7,11,13-18,24-25,27H,3-6,8-10,12H2,1-2H3,(H,36,40)(H,37,41)/t24-,25+/m1/s1. The highest BCUT2D eigenvalue weighted by Crippen LogP contribution is 2.42. The lowest BCUT2D eigenvalue weighted by Crippen LogP contribution is -2.38. The van der Waals surface area contributed by atoms with Crippen LogP contribution in [0, 0.1) is 11.8 Å². The highest BCUT2D eigenvalue weighted by atomic mass is 19.3. The summed E-state index contributed by atoms with van der Waals surface area (Å²) in [5, 5.41) is 14.6. The van der Waals surface area contributed by atoms with Crippen molar-refractivity contribution in [2.24, 2.45) is 11.8 Å². The molecule has 0 aliphatic heterocycles. The number of fused-ring (bicyclic) bond motifs is 1. The van der Waals surface area contributed by atoms with Gasteiger partial charge in [-0.15, -0.1) is 0 Å². The molecule has 2 aliphatic rings. The first-order valence-electron chi connectivity index (χ1n) is 14.3. The molecule has 2 saturated carbocycles. The minimum atomic E-state index is -2.94. The summed E-state index contributed by atoms with van der Waals surface area (Å²) in [6, 6.07) is 2.35. The normalized spacial score (nSPS) is 18.9. The molecule has 228 valence electrons. The molecule has 5 rings (SSSR count). The Labute approximate surface area is 240 Å². The van der Waals surface area contributed by atoms with E-state index in [0.717, 1.165) is 12.8 Å². The number of hydrogen-bond donors (Lipinski definition) is 2. The maximum Gasteiger partial charge on any atom is 0.345 e. The van der Waals surface area contributed by atoms with Gasteiger partial charge in [0, 0.05) is 25.1 Å². The van der Waals surface area contributed by atoms with E-state index in [2.05, 4.69) is 25.6 Å². The number of imidazole rings is 1. The maximum absolute atomic E-state index is 14.0. The van der Waals surface area contributed by atoms with Gasteiger partial charge in [0.2, 0.25) is 11.8 Å². The Morgan fingerprint density at radius 1 is 1.07 bits per heavy atom. The lowest BCUT2D eigenvalue weighted by Gasteiger charge is -2.33. The molecule has 2 aliphatic carbocycles. The molecule has 2 fully saturated rings. The first kappa shape index (κ1) is 29.9. The Hall–Kier alpha value is -3.55. The molecule has 0 aromatic carbocycles. The molecule has 14 heteroatoms. The van der Waals surface area contributed by atoms with E-state index in [-0.39, 0.29) is 68.5 Å². The van der Waals surface area contributed by atoms with E-state index in [9.17, 15) is 27.2 Å². The van der Waals surface area contributed by atoms with Gasteiger partial charge in [-0.25, -0.2) is 18.3 Å². The Kier molecular flexibility index (Phi) is 8.81. The third kappa shape index (κ3) is 7.08. The summed E-state index contributed by atoms with van der Waals surface area (Å²) in [5.41, 5.74) is 2.04. The zero-order chi connectivity index (χ0) is 30.0. The minimum Gasteiger partial charge on any atom is -0.349 e. The average Bonchev–Trinajstić information content (AvgIpc) is 3.48. The van der Waals surface area contributed by atoms with Crippen molar-refractivity contribution in [2.45, 2.75) is 89.5 Å². The molecule has 10 nitrogen and oxygen atoms in total. The van der Waals surface area contributed by atoms with Crippen LogP contribution in [0.4, 0.5) is 17.6 Å². The fourth-order valence-corrected chi connectivity index (χ4v) is 5.57. The number of ether oxygens (including phenoxy) is 1. The molecule has 0 spiro atoms. The zero-order valence-corrected chi connectivity index (χ0v) is 23.5. The number of nitrogens with zero attached hydrogens (tertiary/aromatic N) is 5. The van der Waals surface area contributed by atoms with Gasteiger partial charge in [-0.05, 0) is 69.1 Å². The number of amides is 2.